The maximum atomic E-state index is 14.2. The zero-order valence-electron chi connectivity index (χ0n) is 24.0. The first-order chi connectivity index (χ1) is 20.4. The smallest absolute Gasteiger partial charge is 0.258 e. The van der Waals surface area contributed by atoms with Crippen LogP contribution in [-0.2, 0) is 25.5 Å². The number of benzene rings is 1. The Kier molecular flexibility index (Phi) is 6.94. The van der Waals surface area contributed by atoms with E-state index < -0.39 is 58.0 Å². The number of rotatable bonds is 5. The number of carbonyl (C=O) groups is 3. The first-order valence-corrected chi connectivity index (χ1v) is 14.3. The number of fused-ring (bicyclic) bond motifs is 3. The Morgan fingerprint density at radius 1 is 1.19 bits per heavy atom. The van der Waals surface area contributed by atoms with E-state index in [9.17, 15) is 34.8 Å². The average molecular weight is 595 g/mol. The van der Waals surface area contributed by atoms with Gasteiger partial charge >= 0.3 is 0 Å². The number of nitrogens with zero attached hydrogens (tertiary/aromatic N) is 3. The second-order valence-electron chi connectivity index (χ2n) is 12.1. The fraction of sp³-hybridized carbons (Fsp3) is 0.500. The van der Waals surface area contributed by atoms with Crippen molar-refractivity contribution in [2.45, 2.75) is 63.2 Å². The molecule has 4 aliphatic rings. The largest absolute Gasteiger partial charge is 0.508 e. The van der Waals surface area contributed by atoms with E-state index in [4.69, 9.17) is 15.0 Å². The number of aliphatic hydroxyl groups is 3. The monoisotopic (exact) mass is 594 g/mol. The predicted octanol–water partition coefficient (Wildman–Crippen LogP) is 1.69. The lowest BCUT2D eigenvalue weighted by atomic mass is 9.57. The third-order valence-corrected chi connectivity index (χ3v) is 9.44. The van der Waals surface area contributed by atoms with E-state index in [1.165, 1.54) is 6.07 Å². The Hall–Kier alpha value is -4.07. The number of aliphatic hydroxyl groups excluding tert-OH is 2. The van der Waals surface area contributed by atoms with Crippen LogP contribution in [0, 0.1) is 11.8 Å². The molecule has 1 aliphatic heterocycles. The summed E-state index contributed by atoms with van der Waals surface area (Å²) in [6.45, 7) is 4.59. The van der Waals surface area contributed by atoms with Gasteiger partial charge in [-0.15, -0.1) is 0 Å². The standard InChI is InChI=1S/C30H34N4O9/c1-12(2)28-32-29(43-33-28)15-4-5-18(35)20-16(15)10-13-11-17-22(34-8-6-14(42-3)7-9-34)24(37)21(27(31)40)26(39)30(17,41)25(38)19(13)23(20)36/h4-5,12-14,17,22,35-36,39,41H,6-11H2,1-3H3,(H2,31,40)/t13-,17-,22+,30-/m0/s1. The minimum Gasteiger partial charge on any atom is -0.508 e. The number of ketones is 2. The molecule has 1 aromatic heterocycles. The summed E-state index contributed by atoms with van der Waals surface area (Å²) in [5.41, 5.74) is 2.63. The number of likely N-dealkylation sites (tertiary alicyclic amines) is 1. The molecule has 43 heavy (non-hydrogen) atoms. The van der Waals surface area contributed by atoms with Gasteiger partial charge in [-0.2, -0.15) is 4.98 Å². The van der Waals surface area contributed by atoms with Crippen molar-refractivity contribution in [2.24, 2.45) is 17.6 Å². The molecule has 0 radical (unpaired) electrons. The van der Waals surface area contributed by atoms with Crippen LogP contribution in [0.25, 0.3) is 17.2 Å². The van der Waals surface area contributed by atoms with Gasteiger partial charge in [0.2, 0.25) is 5.78 Å². The molecule has 228 valence electrons. The Morgan fingerprint density at radius 2 is 1.88 bits per heavy atom. The zero-order chi connectivity index (χ0) is 31.0. The van der Waals surface area contributed by atoms with Gasteiger partial charge in [-0.1, -0.05) is 19.0 Å². The number of hydrogen-bond donors (Lipinski definition) is 5. The van der Waals surface area contributed by atoms with E-state index >= 15 is 0 Å². The Labute approximate surface area is 246 Å². The number of hydrogen-bond acceptors (Lipinski definition) is 12. The maximum absolute atomic E-state index is 14.2. The Bertz CT molecular complexity index is 1600. The van der Waals surface area contributed by atoms with Crippen molar-refractivity contribution in [1.82, 2.24) is 15.0 Å². The molecule has 1 aromatic carbocycles. The van der Waals surface area contributed by atoms with Crippen LogP contribution >= 0.6 is 0 Å². The highest BCUT2D eigenvalue weighted by molar-refractivity contribution is 6.24. The molecule has 2 heterocycles. The van der Waals surface area contributed by atoms with Gasteiger partial charge in [0.15, 0.2) is 17.2 Å². The minimum absolute atomic E-state index is 0.00599. The lowest BCUT2D eigenvalue weighted by Gasteiger charge is -2.52. The Morgan fingerprint density at radius 3 is 2.49 bits per heavy atom. The number of phenols is 1. The van der Waals surface area contributed by atoms with Crippen molar-refractivity contribution in [2.75, 3.05) is 20.2 Å². The Balaban J connectivity index is 1.49. The number of piperidine rings is 1. The number of aromatic hydroxyl groups is 1. The molecule has 1 saturated heterocycles. The van der Waals surface area contributed by atoms with E-state index in [0.717, 1.165) is 0 Å². The predicted molar refractivity (Wildman–Crippen MR) is 150 cm³/mol. The van der Waals surface area contributed by atoms with Gasteiger partial charge in [0.25, 0.3) is 11.8 Å². The summed E-state index contributed by atoms with van der Waals surface area (Å²) in [6, 6.07) is 1.78. The highest BCUT2D eigenvalue weighted by Gasteiger charge is 2.64. The van der Waals surface area contributed by atoms with Gasteiger partial charge in [0.1, 0.15) is 22.8 Å². The zero-order valence-corrected chi connectivity index (χ0v) is 24.0. The number of primary amides is 1. The van der Waals surface area contributed by atoms with Crippen LogP contribution in [0.15, 0.2) is 33.6 Å². The van der Waals surface area contributed by atoms with Gasteiger partial charge in [0, 0.05) is 43.2 Å². The quantitative estimate of drug-likeness (QED) is 0.313. The lowest BCUT2D eigenvalue weighted by Crippen LogP contribution is -2.67. The molecule has 0 unspecified atom stereocenters. The maximum Gasteiger partial charge on any atom is 0.258 e. The van der Waals surface area contributed by atoms with Crippen LogP contribution in [0.2, 0.25) is 0 Å². The molecular formula is C30H34N4O9. The summed E-state index contributed by atoms with van der Waals surface area (Å²) in [5.74, 6) is -6.33. The van der Waals surface area contributed by atoms with Crippen molar-refractivity contribution in [3.8, 4) is 17.2 Å². The topological polar surface area (TPSA) is 210 Å². The molecular weight excluding hydrogens is 560 g/mol. The van der Waals surface area contributed by atoms with E-state index in [0.29, 0.717) is 42.9 Å². The molecule has 4 atom stereocenters. The van der Waals surface area contributed by atoms with E-state index in [-0.39, 0.29) is 47.6 Å². The fourth-order valence-electron chi connectivity index (χ4n) is 7.24. The molecule has 2 aromatic rings. The number of Topliss-reactive ketones (excluding diaryl/α,β-unsaturated/α-hetero) is 2. The summed E-state index contributed by atoms with van der Waals surface area (Å²) in [6.07, 6.45) is 1.24. The lowest BCUT2D eigenvalue weighted by molar-refractivity contribution is -0.156. The molecule has 0 bridgehead atoms. The van der Waals surface area contributed by atoms with Gasteiger partial charge in [-0.3, -0.25) is 19.3 Å². The molecule has 6 rings (SSSR count). The van der Waals surface area contributed by atoms with Crippen LogP contribution < -0.4 is 5.73 Å². The highest BCUT2D eigenvalue weighted by atomic mass is 16.5. The highest BCUT2D eigenvalue weighted by Crippen LogP contribution is 2.54. The molecule has 2 fully saturated rings. The van der Waals surface area contributed by atoms with Crippen molar-refractivity contribution < 1.29 is 44.1 Å². The summed E-state index contributed by atoms with van der Waals surface area (Å²) in [5, 5.41) is 49.5. The van der Waals surface area contributed by atoms with E-state index in [2.05, 4.69) is 10.1 Å². The first kappa shape index (κ1) is 29.0. The van der Waals surface area contributed by atoms with E-state index in [1.807, 2.05) is 13.8 Å². The summed E-state index contributed by atoms with van der Waals surface area (Å²) >= 11 is 0. The van der Waals surface area contributed by atoms with Crippen LogP contribution in [0.4, 0.5) is 0 Å². The molecule has 1 saturated carbocycles. The van der Waals surface area contributed by atoms with Gasteiger partial charge in [-0.25, -0.2) is 0 Å². The van der Waals surface area contributed by atoms with Crippen LogP contribution in [0.5, 0.6) is 5.75 Å². The molecule has 13 nitrogen and oxygen atoms in total. The van der Waals surface area contributed by atoms with Crippen molar-refractivity contribution >= 4 is 23.2 Å². The van der Waals surface area contributed by atoms with Crippen LogP contribution in [-0.4, -0.2) is 90.9 Å². The van der Waals surface area contributed by atoms with Crippen molar-refractivity contribution in [3.05, 3.63) is 46.0 Å². The van der Waals surface area contributed by atoms with Gasteiger partial charge < -0.3 is 35.4 Å². The van der Waals surface area contributed by atoms with Crippen LogP contribution in [0.1, 0.15) is 56.0 Å². The van der Waals surface area contributed by atoms with Gasteiger partial charge in [0.05, 0.1) is 17.7 Å². The fourth-order valence-corrected chi connectivity index (χ4v) is 7.24. The number of carbonyl (C=O) groups excluding carboxylic acids is 3. The molecule has 13 heteroatoms. The molecule has 3 aliphatic carbocycles. The summed E-state index contributed by atoms with van der Waals surface area (Å²) in [7, 11) is 1.60. The molecule has 0 spiro atoms. The SMILES string of the molecule is COC1CCN([C@H]2C(=O)C(C(N)=O)=C(O)[C@@]3(O)C(=O)C4=C(O)c5c(O)ccc(-c6nc(C(C)C)no6)c5C[C@H]4C[C@@H]23)CC1. The second-order valence-corrected chi connectivity index (χ2v) is 12.1. The second kappa shape index (κ2) is 10.3. The number of amides is 1. The number of aromatic nitrogens is 2. The average Bonchev–Trinajstić information content (AvgIpc) is 3.46. The van der Waals surface area contributed by atoms with Crippen LogP contribution in [0.3, 0.4) is 0 Å². The normalized spacial score (nSPS) is 28.3. The van der Waals surface area contributed by atoms with Crippen molar-refractivity contribution in [1.29, 1.82) is 0 Å². The molecule has 1 amide bonds. The third kappa shape index (κ3) is 4.20. The summed E-state index contributed by atoms with van der Waals surface area (Å²) < 4.78 is 10.9. The van der Waals surface area contributed by atoms with Gasteiger partial charge in [-0.05, 0) is 49.3 Å². The number of nitrogens with two attached hydrogens (primary N) is 1. The summed E-state index contributed by atoms with van der Waals surface area (Å²) in [4.78, 5) is 46.6. The van der Waals surface area contributed by atoms with E-state index in [1.54, 1.807) is 18.1 Å². The number of ether oxygens (including phenoxy) is 1. The molecule has 6 N–H and O–H groups in total. The minimum atomic E-state index is -2.70. The number of phenolic OH excluding ortho intramolecular Hbond substituents is 1. The number of methoxy groups -OCH3 is 1. The first-order valence-electron chi connectivity index (χ1n) is 14.3. The van der Waals surface area contributed by atoms with Crippen molar-refractivity contribution in [3.63, 3.8) is 0 Å². The third-order valence-electron chi connectivity index (χ3n) is 9.44.